The Hall–Kier alpha value is -2.39. The number of methoxy groups -OCH3 is 1. The maximum absolute atomic E-state index is 13.0. The molecule has 1 aromatic carbocycles. The smallest absolute Gasteiger partial charge is 0.246 e. The first-order valence-electron chi connectivity index (χ1n) is 8.64. The number of hydrogen-bond donors (Lipinski definition) is 0. The van der Waals surface area contributed by atoms with Gasteiger partial charge in [0.1, 0.15) is 16.7 Å². The lowest BCUT2D eigenvalue weighted by Crippen LogP contribution is -2.31. The number of hydrogen-bond acceptors (Lipinski definition) is 7. The van der Waals surface area contributed by atoms with Crippen LogP contribution in [0.25, 0.3) is 0 Å². The number of aryl methyl sites for hydroxylation is 1. The normalized spacial score (nSPS) is 17.7. The fourth-order valence-electron chi connectivity index (χ4n) is 2.92. The van der Waals surface area contributed by atoms with Crippen molar-refractivity contribution in [1.29, 1.82) is 0 Å². The molecule has 27 heavy (non-hydrogen) atoms. The molecular weight excluding hydrogens is 368 g/mol. The summed E-state index contributed by atoms with van der Waals surface area (Å²) in [5, 5.41) is 8.12. The molecule has 1 aliphatic heterocycles. The van der Waals surface area contributed by atoms with Crippen molar-refractivity contribution >= 4 is 15.8 Å². The topological polar surface area (TPSA) is 84.9 Å². The van der Waals surface area contributed by atoms with Crippen LogP contribution < -0.4 is 14.4 Å². The zero-order chi connectivity index (χ0) is 19.6. The summed E-state index contributed by atoms with van der Waals surface area (Å²) in [6.07, 6.45) is 0.319. The molecule has 0 amide bonds. The van der Waals surface area contributed by atoms with Crippen molar-refractivity contribution in [2.24, 2.45) is 0 Å². The number of ether oxygens (including phenoxy) is 2. The van der Waals surface area contributed by atoms with E-state index in [-0.39, 0.29) is 17.5 Å². The van der Waals surface area contributed by atoms with Gasteiger partial charge >= 0.3 is 0 Å². The highest BCUT2D eigenvalue weighted by molar-refractivity contribution is 7.89. The van der Waals surface area contributed by atoms with Gasteiger partial charge in [0, 0.05) is 26.7 Å². The Bertz CT molecular complexity index is 900. The summed E-state index contributed by atoms with van der Waals surface area (Å²) in [5.74, 6) is 1.46. The second-order valence-corrected chi connectivity index (χ2v) is 8.58. The van der Waals surface area contributed by atoms with Crippen molar-refractivity contribution in [2.75, 3.05) is 39.2 Å². The van der Waals surface area contributed by atoms with Crippen molar-refractivity contribution in [3.05, 3.63) is 35.9 Å². The van der Waals surface area contributed by atoms with Crippen LogP contribution in [-0.2, 0) is 10.0 Å². The highest BCUT2D eigenvalue weighted by Gasteiger charge is 2.35. The SMILES string of the molecule is COc1ccc(C)cc1S(=O)(=O)N1CCC(Oc2ccc(N(C)C)nn2)C1. The molecule has 1 aromatic heterocycles. The van der Waals surface area contributed by atoms with Gasteiger partial charge in [-0.25, -0.2) is 8.42 Å². The first-order chi connectivity index (χ1) is 12.8. The Balaban J connectivity index is 1.72. The number of rotatable bonds is 6. The molecule has 2 aromatic rings. The highest BCUT2D eigenvalue weighted by Crippen LogP contribution is 2.30. The van der Waals surface area contributed by atoms with Crippen molar-refractivity contribution in [3.8, 4) is 11.6 Å². The Kier molecular flexibility index (Phi) is 5.52. The van der Waals surface area contributed by atoms with Gasteiger partial charge in [-0.15, -0.1) is 10.2 Å². The highest BCUT2D eigenvalue weighted by atomic mass is 32.2. The van der Waals surface area contributed by atoms with Crippen LogP contribution in [0.4, 0.5) is 5.82 Å². The van der Waals surface area contributed by atoms with Gasteiger partial charge in [0.05, 0.1) is 13.7 Å². The van der Waals surface area contributed by atoms with Crippen LogP contribution in [0.5, 0.6) is 11.6 Å². The first kappa shape index (κ1) is 19.4. The largest absolute Gasteiger partial charge is 0.495 e. The minimum absolute atomic E-state index is 0.181. The monoisotopic (exact) mass is 392 g/mol. The van der Waals surface area contributed by atoms with E-state index in [9.17, 15) is 8.42 Å². The van der Waals surface area contributed by atoms with Gasteiger partial charge in [-0.3, -0.25) is 0 Å². The molecule has 0 radical (unpaired) electrons. The summed E-state index contributed by atoms with van der Waals surface area (Å²) in [4.78, 5) is 2.02. The summed E-state index contributed by atoms with van der Waals surface area (Å²) in [5.41, 5.74) is 0.859. The maximum atomic E-state index is 13.0. The van der Waals surface area contributed by atoms with Gasteiger partial charge in [-0.2, -0.15) is 4.31 Å². The fraction of sp³-hybridized carbons (Fsp3) is 0.444. The van der Waals surface area contributed by atoms with Crippen molar-refractivity contribution in [3.63, 3.8) is 0 Å². The Morgan fingerprint density at radius 1 is 1.19 bits per heavy atom. The van der Waals surface area contributed by atoms with Crippen molar-refractivity contribution in [1.82, 2.24) is 14.5 Å². The third-order valence-electron chi connectivity index (χ3n) is 4.42. The molecule has 1 fully saturated rings. The van der Waals surface area contributed by atoms with Gasteiger partial charge < -0.3 is 14.4 Å². The molecule has 1 unspecified atom stereocenters. The third-order valence-corrected chi connectivity index (χ3v) is 6.30. The standard InChI is InChI=1S/C18H24N4O4S/c1-13-5-6-15(25-4)16(11-13)27(23,24)22-10-9-14(12-22)26-18-8-7-17(19-20-18)21(2)3/h5-8,11,14H,9-10,12H2,1-4H3. The Morgan fingerprint density at radius 3 is 2.59 bits per heavy atom. The third kappa shape index (κ3) is 4.14. The first-order valence-corrected chi connectivity index (χ1v) is 10.1. The van der Waals surface area contributed by atoms with Crippen LogP contribution >= 0.6 is 0 Å². The maximum Gasteiger partial charge on any atom is 0.246 e. The number of anilines is 1. The van der Waals surface area contributed by atoms with Gasteiger partial charge in [0.25, 0.3) is 0 Å². The minimum atomic E-state index is -3.66. The zero-order valence-electron chi connectivity index (χ0n) is 15.9. The van der Waals surface area contributed by atoms with Crippen LogP contribution in [-0.4, -0.2) is 63.3 Å². The van der Waals surface area contributed by atoms with E-state index in [4.69, 9.17) is 9.47 Å². The van der Waals surface area contributed by atoms with Gasteiger partial charge in [-0.05, 0) is 37.1 Å². The Labute approximate surface area is 159 Å². The lowest BCUT2D eigenvalue weighted by Gasteiger charge is -2.19. The van der Waals surface area contributed by atoms with Crippen molar-refractivity contribution < 1.29 is 17.9 Å². The minimum Gasteiger partial charge on any atom is -0.495 e. The van der Waals surface area contributed by atoms with E-state index in [1.54, 1.807) is 18.2 Å². The second kappa shape index (κ2) is 7.69. The van der Waals surface area contributed by atoms with E-state index in [1.165, 1.54) is 11.4 Å². The summed E-state index contributed by atoms with van der Waals surface area (Å²) in [6.45, 7) is 2.49. The second-order valence-electron chi connectivity index (χ2n) is 6.67. The van der Waals surface area contributed by atoms with Gasteiger partial charge in [0.15, 0.2) is 5.82 Å². The number of aromatic nitrogens is 2. The van der Waals surface area contributed by atoms with Crippen LogP contribution in [0.2, 0.25) is 0 Å². The molecule has 1 atom stereocenters. The predicted molar refractivity (Wildman–Crippen MR) is 102 cm³/mol. The van der Waals surface area contributed by atoms with Crippen molar-refractivity contribution in [2.45, 2.75) is 24.3 Å². The van der Waals surface area contributed by atoms with E-state index in [0.717, 1.165) is 11.4 Å². The molecule has 1 saturated heterocycles. The van der Waals surface area contributed by atoms with Crippen LogP contribution in [0, 0.1) is 6.92 Å². The molecule has 0 saturated carbocycles. The fourth-order valence-corrected chi connectivity index (χ4v) is 4.65. The molecule has 0 bridgehead atoms. The summed E-state index contributed by atoms with van der Waals surface area (Å²) >= 11 is 0. The quantitative estimate of drug-likeness (QED) is 0.740. The van der Waals surface area contributed by atoms with E-state index >= 15 is 0 Å². The predicted octanol–water partition coefficient (Wildman–Crippen LogP) is 1.70. The van der Waals surface area contributed by atoms with Crippen LogP contribution in [0.3, 0.4) is 0 Å². The number of nitrogens with zero attached hydrogens (tertiary/aromatic N) is 4. The average Bonchev–Trinajstić information content (AvgIpc) is 3.11. The van der Waals surface area contributed by atoms with E-state index in [1.807, 2.05) is 38.1 Å². The van der Waals surface area contributed by atoms with Crippen LogP contribution in [0.15, 0.2) is 35.2 Å². The van der Waals surface area contributed by atoms with E-state index in [0.29, 0.717) is 24.6 Å². The molecular formula is C18H24N4O4S. The summed E-state index contributed by atoms with van der Waals surface area (Å²) in [7, 11) is 1.56. The van der Waals surface area contributed by atoms with E-state index < -0.39 is 10.0 Å². The van der Waals surface area contributed by atoms with Gasteiger partial charge in [0.2, 0.25) is 15.9 Å². The zero-order valence-corrected chi connectivity index (χ0v) is 16.7. The van der Waals surface area contributed by atoms with Crippen LogP contribution in [0.1, 0.15) is 12.0 Å². The molecule has 0 N–H and O–H groups in total. The molecule has 2 heterocycles. The molecule has 0 aliphatic carbocycles. The molecule has 9 heteroatoms. The average molecular weight is 392 g/mol. The molecule has 3 rings (SSSR count). The molecule has 1 aliphatic rings. The molecule has 0 spiro atoms. The van der Waals surface area contributed by atoms with Gasteiger partial charge in [-0.1, -0.05) is 6.07 Å². The lowest BCUT2D eigenvalue weighted by atomic mass is 10.2. The lowest BCUT2D eigenvalue weighted by molar-refractivity contribution is 0.204. The summed E-state index contributed by atoms with van der Waals surface area (Å²) < 4.78 is 38.6. The Morgan fingerprint density at radius 2 is 1.96 bits per heavy atom. The molecule has 8 nitrogen and oxygen atoms in total. The molecule has 146 valence electrons. The summed E-state index contributed by atoms with van der Waals surface area (Å²) in [6, 6.07) is 8.68. The number of benzene rings is 1. The van der Waals surface area contributed by atoms with E-state index in [2.05, 4.69) is 10.2 Å². The number of sulfonamides is 1.